The predicted octanol–water partition coefficient (Wildman–Crippen LogP) is 4.10. The number of nitrogens with zero attached hydrogens (tertiary/aromatic N) is 3. The van der Waals surface area contributed by atoms with Gasteiger partial charge in [0.05, 0.1) is 11.5 Å². The van der Waals surface area contributed by atoms with Crippen molar-refractivity contribution in [2.45, 2.75) is 5.75 Å². The van der Waals surface area contributed by atoms with E-state index in [9.17, 15) is 14.9 Å². The Morgan fingerprint density at radius 2 is 1.88 bits per heavy atom. The topological polar surface area (TPSA) is 75.8 Å². The lowest BCUT2D eigenvalue weighted by Gasteiger charge is -2.17. The van der Waals surface area contributed by atoms with Crippen LogP contribution in [0.3, 0.4) is 0 Å². The van der Waals surface area contributed by atoms with Crippen molar-refractivity contribution in [3.63, 3.8) is 0 Å². The SMILES string of the molecule is O=C(c1ccc([N+](=O)[O-])cc1)N1CCN=C1SCc1ccc(Br)cc1. The Morgan fingerprint density at radius 3 is 2.52 bits per heavy atom. The number of aliphatic imine (C=N–C) groups is 1. The minimum absolute atomic E-state index is 0.0310. The molecule has 8 heteroatoms. The summed E-state index contributed by atoms with van der Waals surface area (Å²) in [6.45, 7) is 1.10. The maximum absolute atomic E-state index is 12.7. The highest BCUT2D eigenvalue weighted by Gasteiger charge is 2.25. The molecule has 1 heterocycles. The molecule has 2 aromatic carbocycles. The molecule has 1 aliphatic heterocycles. The summed E-state index contributed by atoms with van der Waals surface area (Å²) in [5.41, 5.74) is 1.53. The van der Waals surface area contributed by atoms with E-state index in [0.717, 1.165) is 15.8 Å². The van der Waals surface area contributed by atoms with Crippen molar-refractivity contribution in [3.05, 3.63) is 74.2 Å². The summed E-state index contributed by atoms with van der Waals surface area (Å²) in [6, 6.07) is 13.7. The van der Waals surface area contributed by atoms with Crippen molar-refractivity contribution in [1.29, 1.82) is 0 Å². The van der Waals surface area contributed by atoms with E-state index >= 15 is 0 Å². The first-order valence-electron chi connectivity index (χ1n) is 7.52. The first-order valence-corrected chi connectivity index (χ1v) is 9.30. The van der Waals surface area contributed by atoms with Crippen LogP contribution in [0.25, 0.3) is 0 Å². The van der Waals surface area contributed by atoms with Crippen LogP contribution in [0.4, 0.5) is 5.69 Å². The molecule has 3 rings (SSSR count). The van der Waals surface area contributed by atoms with Crippen LogP contribution in [0.2, 0.25) is 0 Å². The van der Waals surface area contributed by atoms with Crippen LogP contribution in [-0.2, 0) is 5.75 Å². The van der Waals surface area contributed by atoms with Gasteiger partial charge in [-0.05, 0) is 29.8 Å². The molecule has 0 atom stereocenters. The van der Waals surface area contributed by atoms with Gasteiger partial charge in [-0.1, -0.05) is 39.8 Å². The normalized spacial score (nSPS) is 13.6. The van der Waals surface area contributed by atoms with Gasteiger partial charge in [0, 0.05) is 34.5 Å². The van der Waals surface area contributed by atoms with Crippen molar-refractivity contribution in [2.24, 2.45) is 4.99 Å². The molecule has 128 valence electrons. The lowest BCUT2D eigenvalue weighted by atomic mass is 10.2. The Labute approximate surface area is 157 Å². The summed E-state index contributed by atoms with van der Waals surface area (Å²) in [6.07, 6.45) is 0. The molecule has 6 nitrogen and oxygen atoms in total. The average molecular weight is 420 g/mol. The van der Waals surface area contributed by atoms with Gasteiger partial charge >= 0.3 is 0 Å². The number of hydrogen-bond donors (Lipinski definition) is 0. The van der Waals surface area contributed by atoms with Crippen LogP contribution in [0.15, 0.2) is 58.0 Å². The molecule has 0 fully saturated rings. The fourth-order valence-corrected chi connectivity index (χ4v) is 3.61. The molecule has 0 aromatic heterocycles. The van der Waals surface area contributed by atoms with E-state index in [2.05, 4.69) is 20.9 Å². The number of halogens is 1. The monoisotopic (exact) mass is 419 g/mol. The largest absolute Gasteiger partial charge is 0.286 e. The van der Waals surface area contributed by atoms with Crippen LogP contribution >= 0.6 is 27.7 Å². The first kappa shape index (κ1) is 17.6. The second kappa shape index (κ2) is 7.79. The zero-order valence-corrected chi connectivity index (χ0v) is 15.5. The molecule has 0 N–H and O–H groups in total. The number of nitro benzene ring substituents is 1. The number of benzene rings is 2. The smallest absolute Gasteiger partial charge is 0.269 e. The van der Waals surface area contributed by atoms with E-state index in [0.29, 0.717) is 23.8 Å². The van der Waals surface area contributed by atoms with Crippen LogP contribution in [0, 0.1) is 10.1 Å². The minimum atomic E-state index is -0.481. The Bertz CT molecular complexity index is 822. The first-order chi connectivity index (χ1) is 12.0. The van der Waals surface area contributed by atoms with Crippen molar-refractivity contribution < 1.29 is 9.72 Å². The predicted molar refractivity (Wildman–Crippen MR) is 102 cm³/mol. The van der Waals surface area contributed by atoms with Crippen molar-refractivity contribution in [1.82, 2.24) is 4.90 Å². The van der Waals surface area contributed by atoms with Crippen LogP contribution in [0.1, 0.15) is 15.9 Å². The summed E-state index contributed by atoms with van der Waals surface area (Å²) < 4.78 is 1.02. The van der Waals surface area contributed by atoms with E-state index in [4.69, 9.17) is 0 Å². The van der Waals surface area contributed by atoms with Gasteiger partial charge in [-0.15, -0.1) is 0 Å². The van der Waals surface area contributed by atoms with Gasteiger partial charge in [-0.3, -0.25) is 24.8 Å². The van der Waals surface area contributed by atoms with Gasteiger partial charge < -0.3 is 0 Å². The minimum Gasteiger partial charge on any atom is -0.286 e. The lowest BCUT2D eigenvalue weighted by Crippen LogP contribution is -2.32. The van der Waals surface area contributed by atoms with E-state index in [1.807, 2.05) is 24.3 Å². The molecular weight excluding hydrogens is 406 g/mol. The molecule has 0 radical (unpaired) electrons. The summed E-state index contributed by atoms with van der Waals surface area (Å²) in [5, 5.41) is 11.4. The summed E-state index contributed by atoms with van der Waals surface area (Å²) in [7, 11) is 0. The van der Waals surface area contributed by atoms with Gasteiger partial charge in [0.25, 0.3) is 11.6 Å². The summed E-state index contributed by atoms with van der Waals surface area (Å²) in [4.78, 5) is 28.9. The van der Waals surface area contributed by atoms with Gasteiger partial charge in [-0.25, -0.2) is 0 Å². The number of thioether (sulfide) groups is 1. The number of amidine groups is 1. The van der Waals surface area contributed by atoms with E-state index in [-0.39, 0.29) is 11.6 Å². The van der Waals surface area contributed by atoms with Gasteiger partial charge in [0.2, 0.25) is 0 Å². The quantitative estimate of drug-likeness (QED) is 0.551. The highest BCUT2D eigenvalue weighted by molar-refractivity contribution is 9.10. The fourth-order valence-electron chi connectivity index (χ4n) is 2.35. The Balaban J connectivity index is 1.66. The number of nitro groups is 1. The van der Waals surface area contributed by atoms with Crippen molar-refractivity contribution >= 4 is 44.5 Å². The molecule has 0 aliphatic carbocycles. The third kappa shape index (κ3) is 4.26. The molecule has 0 saturated carbocycles. The molecule has 25 heavy (non-hydrogen) atoms. The second-order valence-electron chi connectivity index (χ2n) is 5.34. The molecule has 0 spiro atoms. The van der Waals surface area contributed by atoms with Crippen molar-refractivity contribution in [2.75, 3.05) is 13.1 Å². The maximum atomic E-state index is 12.7. The standard InChI is InChI=1S/C17H14BrN3O3S/c18-14-5-1-12(2-6-14)11-25-17-19-9-10-20(17)16(22)13-3-7-15(8-4-13)21(23)24/h1-8H,9-11H2. The van der Waals surface area contributed by atoms with E-state index < -0.39 is 4.92 Å². The lowest BCUT2D eigenvalue weighted by molar-refractivity contribution is -0.384. The van der Waals surface area contributed by atoms with Crippen LogP contribution < -0.4 is 0 Å². The number of carbonyl (C=O) groups is 1. The molecule has 0 saturated heterocycles. The Morgan fingerprint density at radius 1 is 1.20 bits per heavy atom. The van der Waals surface area contributed by atoms with Gasteiger partial charge in [-0.2, -0.15) is 0 Å². The third-order valence-electron chi connectivity index (χ3n) is 3.65. The van der Waals surface area contributed by atoms with Crippen molar-refractivity contribution in [3.8, 4) is 0 Å². The zero-order valence-electron chi connectivity index (χ0n) is 13.1. The number of hydrogen-bond acceptors (Lipinski definition) is 5. The molecule has 1 aliphatic rings. The van der Waals surface area contributed by atoms with E-state index in [1.54, 1.807) is 4.90 Å². The fraction of sp³-hybridized carbons (Fsp3) is 0.176. The molecule has 1 amide bonds. The van der Waals surface area contributed by atoms with Gasteiger partial charge in [0.1, 0.15) is 0 Å². The Hall–Kier alpha value is -2.19. The second-order valence-corrected chi connectivity index (χ2v) is 7.20. The maximum Gasteiger partial charge on any atom is 0.269 e. The third-order valence-corrected chi connectivity index (χ3v) is 5.27. The summed E-state index contributed by atoms with van der Waals surface area (Å²) in [5.74, 6) is 0.533. The number of non-ortho nitro benzene ring substituents is 1. The molecule has 2 aromatic rings. The Kier molecular flexibility index (Phi) is 5.50. The zero-order chi connectivity index (χ0) is 17.8. The highest BCUT2D eigenvalue weighted by Crippen LogP contribution is 2.23. The van der Waals surface area contributed by atoms with Crippen LogP contribution in [0.5, 0.6) is 0 Å². The number of rotatable bonds is 4. The van der Waals surface area contributed by atoms with Crippen LogP contribution in [-0.4, -0.2) is 34.0 Å². The molecular formula is C17H14BrN3O3S. The molecule has 0 unspecified atom stereocenters. The highest BCUT2D eigenvalue weighted by atomic mass is 79.9. The number of carbonyl (C=O) groups excluding carboxylic acids is 1. The average Bonchev–Trinajstić information content (AvgIpc) is 3.09. The summed E-state index contributed by atoms with van der Waals surface area (Å²) >= 11 is 4.92. The number of amides is 1. The van der Waals surface area contributed by atoms with E-state index in [1.165, 1.54) is 36.0 Å². The van der Waals surface area contributed by atoms with Gasteiger partial charge in [0.15, 0.2) is 5.17 Å². The molecule has 0 bridgehead atoms.